The van der Waals surface area contributed by atoms with E-state index in [9.17, 15) is 4.79 Å². The van der Waals surface area contributed by atoms with Gasteiger partial charge in [0.2, 0.25) is 0 Å². The molecule has 1 N–H and O–H groups in total. The first-order chi connectivity index (χ1) is 9.72. The number of carbonyl (C=O) groups excluding carboxylic acids is 1. The Hall–Kier alpha value is -1.42. The van der Waals surface area contributed by atoms with Crippen molar-refractivity contribution in [1.82, 2.24) is 5.32 Å². The topological polar surface area (TPSA) is 41.5 Å². The first kappa shape index (κ1) is 12.3. The molecule has 3 nitrogen and oxygen atoms in total. The molecule has 3 aliphatic carbocycles. The van der Waals surface area contributed by atoms with Crippen LogP contribution in [0.3, 0.4) is 0 Å². The molecule has 0 saturated heterocycles. The van der Waals surface area contributed by atoms with E-state index >= 15 is 0 Å². The molecule has 4 heteroatoms. The number of amides is 1. The van der Waals surface area contributed by atoms with Crippen molar-refractivity contribution in [3.63, 3.8) is 0 Å². The maximum Gasteiger partial charge on any atom is 0.254 e. The molecule has 1 amide bonds. The molecule has 0 aromatic heterocycles. The van der Waals surface area contributed by atoms with Gasteiger partial charge in [0, 0.05) is 12.1 Å². The van der Waals surface area contributed by atoms with E-state index < -0.39 is 0 Å². The minimum Gasteiger partial charge on any atom is -0.351 e. The monoisotopic (exact) mass is 286 g/mol. The second kappa shape index (κ2) is 4.29. The van der Waals surface area contributed by atoms with Gasteiger partial charge in [0.25, 0.3) is 5.91 Å². The largest absolute Gasteiger partial charge is 0.351 e. The zero-order chi connectivity index (χ0) is 13.6. The molecule has 20 heavy (non-hydrogen) atoms. The van der Waals surface area contributed by atoms with Gasteiger partial charge < -0.3 is 5.32 Å². The minimum atomic E-state index is 0.0997. The van der Waals surface area contributed by atoms with Gasteiger partial charge in [-0.05, 0) is 35.7 Å². The lowest BCUT2D eigenvalue weighted by atomic mass is 9.33. The molecule has 1 aromatic carbocycles. The summed E-state index contributed by atoms with van der Waals surface area (Å²) in [6, 6.07) is 10.8. The zero-order valence-electron chi connectivity index (χ0n) is 11.3. The Kier molecular flexibility index (Phi) is 2.64. The van der Waals surface area contributed by atoms with E-state index in [0.29, 0.717) is 17.4 Å². The van der Waals surface area contributed by atoms with E-state index in [1.54, 1.807) is 5.55 Å². The Morgan fingerprint density at radius 3 is 2.65 bits per heavy atom. The highest BCUT2D eigenvalue weighted by atomic mass is 32.1. The fourth-order valence-electron chi connectivity index (χ4n) is 4.06. The first-order valence-corrected chi connectivity index (χ1v) is 8.07. The van der Waals surface area contributed by atoms with Gasteiger partial charge in [-0.1, -0.05) is 30.3 Å². The Bertz CT molecular complexity index is 601. The Balaban J connectivity index is 1.33. The Morgan fingerprint density at radius 2 is 2.00 bits per heavy atom. The van der Waals surface area contributed by atoms with Crippen molar-refractivity contribution in [2.75, 3.05) is 13.1 Å². The summed E-state index contributed by atoms with van der Waals surface area (Å²) in [5.74, 6) is 0.0997. The maximum atomic E-state index is 12.0. The number of thiol groups is 1. The second-order valence-corrected chi connectivity index (χ2v) is 7.42. The third-order valence-electron chi connectivity index (χ3n) is 4.95. The Morgan fingerprint density at radius 1 is 1.25 bits per heavy atom. The minimum absolute atomic E-state index is 0.0997. The summed E-state index contributed by atoms with van der Waals surface area (Å²) >= 11 is 0.969. The van der Waals surface area contributed by atoms with Crippen LogP contribution in [0.15, 0.2) is 35.3 Å². The number of hydrogen-bond donors (Lipinski definition) is 2. The number of nitrogens with zero attached hydrogens (tertiary/aromatic N) is 1. The van der Waals surface area contributed by atoms with Gasteiger partial charge in [-0.2, -0.15) is 0 Å². The molecule has 3 saturated carbocycles. The lowest BCUT2D eigenvalue weighted by Crippen LogP contribution is -2.68. The van der Waals surface area contributed by atoms with Crippen molar-refractivity contribution < 1.29 is 4.79 Å². The maximum absolute atomic E-state index is 12.0. The fraction of sp³-hybridized carbons (Fsp3) is 0.438. The molecule has 0 atom stereocenters. The molecule has 4 aliphatic rings. The summed E-state index contributed by atoms with van der Waals surface area (Å²) < 4.78 is 0. The molecule has 104 valence electrons. The number of hydrogen-bond acceptors (Lipinski definition) is 2. The average molecular weight is 286 g/mol. The van der Waals surface area contributed by atoms with Crippen LogP contribution in [0.1, 0.15) is 24.8 Å². The predicted octanol–water partition coefficient (Wildman–Crippen LogP) is 1.90. The van der Waals surface area contributed by atoms with Crippen LogP contribution < -0.4 is 5.32 Å². The third kappa shape index (κ3) is 1.78. The lowest BCUT2D eigenvalue weighted by molar-refractivity contribution is -0.142. The van der Waals surface area contributed by atoms with Crippen LogP contribution in [0, 0.1) is 5.41 Å². The molecule has 1 heterocycles. The Labute approximate surface area is 122 Å². The molecule has 0 radical (unpaired) electrons. The van der Waals surface area contributed by atoms with Gasteiger partial charge in [-0.15, -0.1) is 11.4 Å². The summed E-state index contributed by atoms with van der Waals surface area (Å²) in [5.41, 5.74) is 4.08. The molecule has 1 aromatic rings. The van der Waals surface area contributed by atoms with Gasteiger partial charge in [0.05, 0.1) is 11.4 Å². The quantitative estimate of drug-likeness (QED) is 0.644. The van der Waals surface area contributed by atoms with E-state index in [1.165, 1.54) is 24.8 Å². The molecule has 5 rings (SSSR count). The smallest absolute Gasteiger partial charge is 0.254 e. The molecule has 0 unspecified atom stereocenters. The highest BCUT2D eigenvalue weighted by molar-refractivity contribution is 8.12. The fourth-order valence-corrected chi connectivity index (χ4v) is 4.72. The molecular weight excluding hydrogens is 268 g/mol. The van der Waals surface area contributed by atoms with E-state index in [4.69, 9.17) is 0 Å². The van der Waals surface area contributed by atoms with Crippen LogP contribution in [0.4, 0.5) is 0 Å². The van der Waals surface area contributed by atoms with E-state index in [2.05, 4.69) is 40.6 Å². The second-order valence-electron chi connectivity index (χ2n) is 6.39. The summed E-state index contributed by atoms with van der Waals surface area (Å²) in [6.07, 6.45) is 3.69. The van der Waals surface area contributed by atoms with Gasteiger partial charge >= 0.3 is 0 Å². The van der Waals surface area contributed by atoms with E-state index in [1.807, 2.05) is 0 Å². The van der Waals surface area contributed by atoms with Crippen molar-refractivity contribution >= 4 is 27.7 Å². The molecule has 1 aliphatic heterocycles. The summed E-state index contributed by atoms with van der Waals surface area (Å²) in [7, 11) is 0. The van der Waals surface area contributed by atoms with Crippen LogP contribution in [0.25, 0.3) is 0 Å². The molecule has 3 fully saturated rings. The van der Waals surface area contributed by atoms with Crippen LogP contribution in [-0.2, 0) is 10.2 Å². The SMILES string of the molecule is O=C(NCC12CC(c3ccccc3)(C1)C2)C1=[SH]C=NC1. The van der Waals surface area contributed by atoms with Crippen LogP contribution in [0.2, 0.25) is 0 Å². The van der Waals surface area contributed by atoms with Crippen molar-refractivity contribution in [3.05, 3.63) is 35.9 Å². The van der Waals surface area contributed by atoms with Gasteiger partial charge in [-0.3, -0.25) is 9.79 Å². The molecule has 0 spiro atoms. The normalized spacial score (nSPS) is 33.5. The van der Waals surface area contributed by atoms with Crippen molar-refractivity contribution in [2.24, 2.45) is 10.4 Å². The van der Waals surface area contributed by atoms with E-state index in [0.717, 1.165) is 22.8 Å². The van der Waals surface area contributed by atoms with Gasteiger partial charge in [0.1, 0.15) is 0 Å². The van der Waals surface area contributed by atoms with Crippen LogP contribution in [0.5, 0.6) is 0 Å². The standard InChI is InChI=1S/C16H18N2OS/c19-14(13-6-17-11-20-13)18-10-15-7-16(8-15,9-15)12-4-2-1-3-5-12/h1-5,11,20H,6-10H2,(H,18,19). The van der Waals surface area contributed by atoms with Crippen molar-refractivity contribution in [1.29, 1.82) is 0 Å². The lowest BCUT2D eigenvalue weighted by Gasteiger charge is -2.71. The van der Waals surface area contributed by atoms with Crippen LogP contribution in [-0.4, -0.2) is 29.4 Å². The number of benzene rings is 1. The highest BCUT2D eigenvalue weighted by Gasteiger charge is 2.67. The molecule has 2 bridgehead atoms. The number of rotatable bonds is 4. The van der Waals surface area contributed by atoms with Gasteiger partial charge in [-0.25, -0.2) is 0 Å². The third-order valence-corrected chi connectivity index (χ3v) is 5.88. The number of nitrogens with one attached hydrogen (secondary N) is 1. The van der Waals surface area contributed by atoms with Crippen molar-refractivity contribution in [3.8, 4) is 0 Å². The highest BCUT2D eigenvalue weighted by Crippen LogP contribution is 2.73. The zero-order valence-corrected chi connectivity index (χ0v) is 12.2. The first-order valence-electron chi connectivity index (χ1n) is 7.10. The summed E-state index contributed by atoms with van der Waals surface area (Å²) in [4.78, 5) is 16.9. The summed E-state index contributed by atoms with van der Waals surface area (Å²) in [5, 5.41) is 3.11. The van der Waals surface area contributed by atoms with Crippen LogP contribution >= 0.6 is 11.4 Å². The number of aliphatic imine (C=N–C) groups is 1. The summed E-state index contributed by atoms with van der Waals surface area (Å²) in [6.45, 7) is 1.41. The van der Waals surface area contributed by atoms with Gasteiger partial charge in [0.15, 0.2) is 0 Å². The van der Waals surface area contributed by atoms with E-state index in [-0.39, 0.29) is 5.91 Å². The molecular formula is C16H18N2OS. The number of carbonyl (C=O) groups is 1. The predicted molar refractivity (Wildman–Crippen MR) is 84.8 cm³/mol. The average Bonchev–Trinajstić information content (AvgIpc) is 2.90. The van der Waals surface area contributed by atoms with Crippen molar-refractivity contribution in [2.45, 2.75) is 24.7 Å².